The van der Waals surface area contributed by atoms with Gasteiger partial charge in [0.2, 0.25) is 8.41 Å². The molecule has 0 spiro atoms. The second-order valence-corrected chi connectivity index (χ2v) is 17.3. The van der Waals surface area contributed by atoms with Crippen LogP contribution >= 0.6 is 0 Å². The normalized spacial score (nSPS) is 21.6. The zero-order chi connectivity index (χ0) is 32.7. The monoisotopic (exact) mass is 648 g/mol. The van der Waals surface area contributed by atoms with Gasteiger partial charge in [-0.15, -0.1) is 5.10 Å². The van der Waals surface area contributed by atoms with E-state index in [0.717, 1.165) is 57.4 Å². The molecule has 1 aromatic heterocycles. The minimum atomic E-state index is -3.02. The van der Waals surface area contributed by atoms with Gasteiger partial charge < -0.3 is 14.0 Å². The smallest absolute Gasteiger partial charge is 0.263 e. The lowest BCUT2D eigenvalue weighted by atomic mass is 9.95. The lowest BCUT2D eigenvalue weighted by Gasteiger charge is -2.28. The van der Waals surface area contributed by atoms with Crippen LogP contribution in [0.3, 0.4) is 0 Å². The Labute approximate surface area is 276 Å². The molecule has 3 heterocycles. The number of halogens is 1. The van der Waals surface area contributed by atoms with Crippen molar-refractivity contribution in [2.45, 2.75) is 69.5 Å². The summed E-state index contributed by atoms with van der Waals surface area (Å²) in [4.78, 5) is 15.2. The molecule has 0 saturated carbocycles. The number of hydrogen-bond acceptors (Lipinski definition) is 5. The number of nitrogens with zero attached hydrogens (tertiary/aromatic N) is 4. The molecule has 9 heteroatoms. The number of carbonyl (C=O) groups is 1. The Morgan fingerprint density at radius 1 is 0.936 bits per heavy atom. The van der Waals surface area contributed by atoms with Crippen molar-refractivity contribution in [1.29, 1.82) is 0 Å². The molecule has 2 aliphatic heterocycles. The Hall–Kier alpha value is -4.18. The van der Waals surface area contributed by atoms with E-state index in [-0.39, 0.29) is 42.1 Å². The van der Waals surface area contributed by atoms with Crippen LogP contribution in [0.5, 0.6) is 0 Å². The molecule has 47 heavy (non-hydrogen) atoms. The van der Waals surface area contributed by atoms with E-state index in [1.807, 2.05) is 85.1 Å². The minimum Gasteiger partial charge on any atom is -0.395 e. The zero-order valence-electron chi connectivity index (χ0n) is 27.1. The van der Waals surface area contributed by atoms with E-state index >= 15 is 4.11 Å². The SMILES string of the molecule is C[C@@H]1[C@@H]([Si](C)(C)F)[C@H](CCn2cc(C(CO)c3ccccc3)nn2)O[C@@H]1CCc1ccc(N2C(=O)c3cccc4cccc2c34)cc1. The van der Waals surface area contributed by atoms with E-state index in [9.17, 15) is 9.90 Å². The zero-order valence-corrected chi connectivity index (χ0v) is 28.1. The Morgan fingerprint density at radius 2 is 1.68 bits per heavy atom. The fraction of sp³-hybridized carbons (Fsp3) is 0.342. The third-order valence-corrected chi connectivity index (χ3v) is 12.6. The summed E-state index contributed by atoms with van der Waals surface area (Å²) in [6.45, 7) is 6.25. The first kappa shape index (κ1) is 31.4. The highest BCUT2D eigenvalue weighted by atomic mass is 28.4. The molecule has 0 radical (unpaired) electrons. The summed E-state index contributed by atoms with van der Waals surface area (Å²) >= 11 is 0. The molecule has 0 aliphatic carbocycles. The van der Waals surface area contributed by atoms with Crippen molar-refractivity contribution in [3.05, 3.63) is 120 Å². The number of aromatic nitrogens is 3. The Morgan fingerprint density at radius 3 is 2.40 bits per heavy atom. The predicted octanol–water partition coefficient (Wildman–Crippen LogP) is 7.82. The summed E-state index contributed by atoms with van der Waals surface area (Å²) < 4.78 is 24.2. The van der Waals surface area contributed by atoms with Gasteiger partial charge in [-0.1, -0.05) is 78.9 Å². The molecular weight excluding hydrogens is 608 g/mol. The number of aryl methyl sites for hydroxylation is 2. The number of aliphatic hydroxyl groups excluding tert-OH is 1. The summed E-state index contributed by atoms with van der Waals surface area (Å²) in [5.41, 5.74) is 5.27. The van der Waals surface area contributed by atoms with Gasteiger partial charge in [-0.3, -0.25) is 14.4 Å². The Balaban J connectivity index is 0.997. The largest absolute Gasteiger partial charge is 0.395 e. The van der Waals surface area contributed by atoms with Crippen LogP contribution in [0.1, 0.15) is 52.9 Å². The second kappa shape index (κ2) is 12.8. The minimum absolute atomic E-state index is 0.000608. The maximum Gasteiger partial charge on any atom is 0.263 e. The van der Waals surface area contributed by atoms with Gasteiger partial charge in [-0.2, -0.15) is 0 Å². The molecule has 5 atom stereocenters. The number of benzene rings is 4. The first-order valence-electron chi connectivity index (χ1n) is 16.6. The van der Waals surface area contributed by atoms with Gasteiger partial charge in [-0.05, 0) is 79.1 Å². The van der Waals surface area contributed by atoms with Gasteiger partial charge in [0.05, 0.1) is 41.7 Å². The van der Waals surface area contributed by atoms with Gasteiger partial charge in [0.15, 0.2) is 0 Å². The summed E-state index contributed by atoms with van der Waals surface area (Å²) in [5, 5.41) is 20.8. The number of amides is 1. The summed E-state index contributed by atoms with van der Waals surface area (Å²) in [6.07, 6.45) is 3.91. The van der Waals surface area contributed by atoms with Gasteiger partial charge in [0.1, 0.15) is 0 Å². The number of ether oxygens (including phenoxy) is 1. The fourth-order valence-electron chi connectivity index (χ4n) is 7.84. The van der Waals surface area contributed by atoms with Gasteiger partial charge >= 0.3 is 0 Å². The van der Waals surface area contributed by atoms with Crippen molar-refractivity contribution in [2.75, 3.05) is 11.5 Å². The van der Waals surface area contributed by atoms with Crippen LogP contribution in [0, 0.1) is 5.92 Å². The summed E-state index contributed by atoms with van der Waals surface area (Å²) in [7, 11) is -3.02. The average molecular weight is 649 g/mol. The number of anilines is 2. The van der Waals surface area contributed by atoms with Gasteiger partial charge in [0, 0.05) is 29.4 Å². The van der Waals surface area contributed by atoms with E-state index < -0.39 is 8.41 Å². The molecule has 242 valence electrons. The number of aliphatic hydroxyl groups is 1. The molecule has 1 unspecified atom stereocenters. The summed E-state index contributed by atoms with van der Waals surface area (Å²) in [5.74, 6) is -0.132. The maximum absolute atomic E-state index is 15.8. The molecular formula is C38H41FN4O3Si. The van der Waals surface area contributed by atoms with Crippen LogP contribution in [-0.2, 0) is 17.7 Å². The van der Waals surface area contributed by atoms with Crippen LogP contribution in [0.25, 0.3) is 10.8 Å². The lowest BCUT2D eigenvalue weighted by Crippen LogP contribution is -2.36. The van der Waals surface area contributed by atoms with Crippen molar-refractivity contribution < 1.29 is 18.7 Å². The van der Waals surface area contributed by atoms with E-state index in [1.165, 1.54) is 0 Å². The molecule has 7 nitrogen and oxygen atoms in total. The van der Waals surface area contributed by atoms with E-state index in [2.05, 4.69) is 29.4 Å². The molecule has 2 aliphatic rings. The highest BCUT2D eigenvalue weighted by Gasteiger charge is 2.50. The molecule has 1 saturated heterocycles. The number of rotatable bonds is 11. The van der Waals surface area contributed by atoms with Crippen molar-refractivity contribution in [3.63, 3.8) is 0 Å². The van der Waals surface area contributed by atoms with Crippen LogP contribution in [0.15, 0.2) is 97.2 Å². The first-order chi connectivity index (χ1) is 22.7. The standard InChI is InChI=1S/C38H41FN4O3Si/c1-25-34(20-17-26-15-18-29(19-16-26)43-33-14-8-12-28-11-7-13-30(36(28)33)38(43)45)46-35(37(25)47(2,3)39)21-22-42-23-32(40-41-42)31(24-44)27-9-5-4-6-10-27/h4-16,18-19,23,25,31,34-35,37,44H,17,20-22,24H2,1-3H3/t25-,31?,34+,35-,37+/m0/s1. The van der Waals surface area contributed by atoms with Crippen LogP contribution < -0.4 is 4.90 Å². The average Bonchev–Trinajstić information content (AvgIpc) is 3.75. The van der Waals surface area contributed by atoms with Gasteiger partial charge in [-0.25, -0.2) is 0 Å². The van der Waals surface area contributed by atoms with Crippen molar-refractivity contribution in [3.8, 4) is 0 Å². The predicted molar refractivity (Wildman–Crippen MR) is 185 cm³/mol. The molecule has 4 aromatic carbocycles. The van der Waals surface area contributed by atoms with E-state index in [4.69, 9.17) is 4.74 Å². The first-order valence-corrected chi connectivity index (χ1v) is 19.5. The number of hydrogen-bond donors (Lipinski definition) is 1. The lowest BCUT2D eigenvalue weighted by molar-refractivity contribution is 0.0247. The van der Waals surface area contributed by atoms with Gasteiger partial charge in [0.25, 0.3) is 5.91 Å². The molecule has 7 rings (SSSR count). The van der Waals surface area contributed by atoms with Crippen LogP contribution in [-0.4, -0.2) is 53.2 Å². The fourth-order valence-corrected chi connectivity index (χ4v) is 10.4. The number of carbonyl (C=O) groups excluding carboxylic acids is 1. The van der Waals surface area contributed by atoms with E-state index in [1.54, 1.807) is 22.7 Å². The van der Waals surface area contributed by atoms with Crippen molar-refractivity contribution >= 4 is 36.5 Å². The van der Waals surface area contributed by atoms with Crippen molar-refractivity contribution in [2.24, 2.45) is 5.92 Å². The van der Waals surface area contributed by atoms with E-state index in [0.29, 0.717) is 13.0 Å². The van der Waals surface area contributed by atoms with Crippen LogP contribution in [0.2, 0.25) is 18.6 Å². The quantitative estimate of drug-likeness (QED) is 0.117. The Bertz CT molecular complexity index is 1870. The Kier molecular flexibility index (Phi) is 8.55. The third-order valence-electron chi connectivity index (χ3n) is 10.1. The highest BCUT2D eigenvalue weighted by Crippen LogP contribution is 2.47. The molecule has 1 N–H and O–H groups in total. The van der Waals surface area contributed by atoms with Crippen LogP contribution in [0.4, 0.5) is 15.5 Å². The molecule has 1 amide bonds. The summed E-state index contributed by atoms with van der Waals surface area (Å²) in [6, 6.07) is 29.9. The van der Waals surface area contributed by atoms with Crippen molar-refractivity contribution in [1.82, 2.24) is 15.0 Å². The second-order valence-electron chi connectivity index (χ2n) is 13.5. The molecule has 5 aromatic rings. The maximum atomic E-state index is 15.8. The third kappa shape index (κ3) is 6.03. The molecule has 1 fully saturated rings. The highest BCUT2D eigenvalue weighted by molar-refractivity contribution is 6.72. The topological polar surface area (TPSA) is 80.5 Å². The molecule has 0 bridgehead atoms.